The molecule has 1 aromatic carbocycles. The highest BCUT2D eigenvalue weighted by molar-refractivity contribution is 5.88. The minimum absolute atomic E-state index is 0.0647. The van der Waals surface area contributed by atoms with Crippen molar-refractivity contribution >= 4 is 11.6 Å². The van der Waals surface area contributed by atoms with Crippen molar-refractivity contribution in [3.05, 3.63) is 23.8 Å². The Bertz CT molecular complexity index is 430. The van der Waals surface area contributed by atoms with E-state index in [-0.39, 0.29) is 5.91 Å². The molecule has 1 rings (SSSR count). The van der Waals surface area contributed by atoms with Gasteiger partial charge in [0.15, 0.2) is 0 Å². The second-order valence-corrected chi connectivity index (χ2v) is 5.05. The first-order chi connectivity index (χ1) is 8.97. The molecule has 0 aliphatic carbocycles. The SMILES string of the molecule is CNC(Cc1cc(NC(C)=O)ccc1OC)C(C)C. The smallest absolute Gasteiger partial charge is 0.221 e. The molecule has 0 saturated carbocycles. The highest BCUT2D eigenvalue weighted by Crippen LogP contribution is 2.25. The molecule has 1 aromatic rings. The van der Waals surface area contributed by atoms with Crippen molar-refractivity contribution in [2.24, 2.45) is 5.92 Å². The standard InChI is InChI=1S/C15H24N2O2/c1-10(2)14(16-4)9-12-8-13(17-11(3)18)6-7-15(12)19-5/h6-8,10,14,16H,9H2,1-5H3,(H,17,18). The number of rotatable bonds is 6. The van der Waals surface area contributed by atoms with E-state index in [1.54, 1.807) is 7.11 Å². The van der Waals surface area contributed by atoms with Crippen LogP contribution in [0.2, 0.25) is 0 Å². The summed E-state index contributed by atoms with van der Waals surface area (Å²) in [6.07, 6.45) is 0.866. The first kappa shape index (κ1) is 15.5. The van der Waals surface area contributed by atoms with E-state index in [0.717, 1.165) is 23.4 Å². The molecule has 0 aromatic heterocycles. The summed E-state index contributed by atoms with van der Waals surface area (Å²) < 4.78 is 5.39. The molecule has 106 valence electrons. The van der Waals surface area contributed by atoms with Gasteiger partial charge in [-0.15, -0.1) is 0 Å². The first-order valence-corrected chi connectivity index (χ1v) is 6.59. The molecule has 0 aliphatic heterocycles. The number of carbonyl (C=O) groups is 1. The number of carbonyl (C=O) groups excluding carboxylic acids is 1. The van der Waals surface area contributed by atoms with Gasteiger partial charge >= 0.3 is 0 Å². The van der Waals surface area contributed by atoms with Crippen molar-refractivity contribution in [2.75, 3.05) is 19.5 Å². The number of benzene rings is 1. The van der Waals surface area contributed by atoms with Crippen molar-refractivity contribution in [3.8, 4) is 5.75 Å². The van der Waals surface area contributed by atoms with Gasteiger partial charge in [0, 0.05) is 18.7 Å². The van der Waals surface area contributed by atoms with Crippen molar-refractivity contribution in [1.82, 2.24) is 5.32 Å². The Morgan fingerprint density at radius 2 is 2.05 bits per heavy atom. The summed E-state index contributed by atoms with van der Waals surface area (Å²) in [7, 11) is 3.63. The molecular formula is C15H24N2O2. The Morgan fingerprint density at radius 3 is 2.53 bits per heavy atom. The normalized spacial score (nSPS) is 12.3. The van der Waals surface area contributed by atoms with Crippen LogP contribution in [0.15, 0.2) is 18.2 Å². The quantitative estimate of drug-likeness (QED) is 0.829. The molecule has 1 amide bonds. The summed E-state index contributed by atoms with van der Waals surface area (Å²) in [5.74, 6) is 1.32. The largest absolute Gasteiger partial charge is 0.496 e. The van der Waals surface area contributed by atoms with Gasteiger partial charge in [-0.05, 0) is 43.1 Å². The fourth-order valence-corrected chi connectivity index (χ4v) is 2.13. The molecule has 0 fully saturated rings. The van der Waals surface area contributed by atoms with E-state index in [9.17, 15) is 4.79 Å². The van der Waals surface area contributed by atoms with Crippen LogP contribution in [0.25, 0.3) is 0 Å². The lowest BCUT2D eigenvalue weighted by molar-refractivity contribution is -0.114. The summed E-state index contributed by atoms with van der Waals surface area (Å²) in [5.41, 5.74) is 1.91. The lowest BCUT2D eigenvalue weighted by atomic mass is 9.96. The number of anilines is 1. The molecule has 0 aliphatic rings. The molecule has 4 heteroatoms. The predicted octanol–water partition coefficient (Wildman–Crippen LogP) is 2.44. The van der Waals surface area contributed by atoms with Gasteiger partial charge in [0.1, 0.15) is 5.75 Å². The van der Waals surface area contributed by atoms with Crippen LogP contribution < -0.4 is 15.4 Å². The topological polar surface area (TPSA) is 50.4 Å². The van der Waals surface area contributed by atoms with Crippen molar-refractivity contribution in [2.45, 2.75) is 33.2 Å². The summed E-state index contributed by atoms with van der Waals surface area (Å²) in [4.78, 5) is 11.1. The van der Waals surface area contributed by atoms with E-state index in [4.69, 9.17) is 4.74 Å². The molecule has 1 atom stereocenters. The third-order valence-corrected chi connectivity index (χ3v) is 3.22. The summed E-state index contributed by atoms with van der Waals surface area (Å²) in [5, 5.41) is 6.12. The van der Waals surface area contributed by atoms with Crippen molar-refractivity contribution in [1.29, 1.82) is 0 Å². The molecule has 0 radical (unpaired) electrons. The lowest BCUT2D eigenvalue weighted by Crippen LogP contribution is -2.32. The van der Waals surface area contributed by atoms with Gasteiger partial charge in [0.25, 0.3) is 0 Å². The molecule has 0 bridgehead atoms. The Morgan fingerprint density at radius 1 is 1.37 bits per heavy atom. The van der Waals surface area contributed by atoms with Crippen LogP contribution >= 0.6 is 0 Å². The Labute approximate surface area is 115 Å². The minimum Gasteiger partial charge on any atom is -0.496 e. The van der Waals surface area contributed by atoms with Gasteiger partial charge < -0.3 is 15.4 Å². The van der Waals surface area contributed by atoms with Gasteiger partial charge in [-0.2, -0.15) is 0 Å². The first-order valence-electron chi connectivity index (χ1n) is 6.59. The molecular weight excluding hydrogens is 240 g/mol. The zero-order valence-corrected chi connectivity index (χ0v) is 12.4. The van der Waals surface area contributed by atoms with Crippen molar-refractivity contribution < 1.29 is 9.53 Å². The highest BCUT2D eigenvalue weighted by Gasteiger charge is 2.15. The van der Waals surface area contributed by atoms with Crippen LogP contribution in [-0.4, -0.2) is 26.1 Å². The number of hydrogen-bond donors (Lipinski definition) is 2. The molecule has 0 spiro atoms. The van der Waals surface area contributed by atoms with Gasteiger partial charge in [0.2, 0.25) is 5.91 Å². The number of hydrogen-bond acceptors (Lipinski definition) is 3. The number of methoxy groups -OCH3 is 1. The number of nitrogens with one attached hydrogen (secondary N) is 2. The van der Waals surface area contributed by atoms with Gasteiger partial charge in [-0.25, -0.2) is 0 Å². The maximum Gasteiger partial charge on any atom is 0.221 e. The van der Waals surface area contributed by atoms with Gasteiger partial charge in [-0.3, -0.25) is 4.79 Å². The third-order valence-electron chi connectivity index (χ3n) is 3.22. The number of ether oxygens (including phenoxy) is 1. The molecule has 0 heterocycles. The lowest BCUT2D eigenvalue weighted by Gasteiger charge is -2.21. The minimum atomic E-state index is -0.0647. The molecule has 0 saturated heterocycles. The van der Waals surface area contributed by atoms with E-state index < -0.39 is 0 Å². The van der Waals surface area contributed by atoms with E-state index >= 15 is 0 Å². The van der Waals surface area contributed by atoms with E-state index in [1.807, 2.05) is 25.2 Å². The Hall–Kier alpha value is -1.55. The van der Waals surface area contributed by atoms with Crippen LogP contribution in [0.5, 0.6) is 5.75 Å². The fraction of sp³-hybridized carbons (Fsp3) is 0.533. The van der Waals surface area contributed by atoms with Crippen LogP contribution in [0.1, 0.15) is 26.3 Å². The van der Waals surface area contributed by atoms with Gasteiger partial charge in [0.05, 0.1) is 7.11 Å². The Balaban J connectivity index is 2.98. The second-order valence-electron chi connectivity index (χ2n) is 5.05. The maximum atomic E-state index is 11.1. The summed E-state index contributed by atoms with van der Waals surface area (Å²) >= 11 is 0. The van der Waals surface area contributed by atoms with E-state index in [2.05, 4.69) is 24.5 Å². The van der Waals surface area contributed by atoms with E-state index in [0.29, 0.717) is 12.0 Å². The summed E-state index contributed by atoms with van der Waals surface area (Å²) in [6, 6.07) is 6.11. The second kappa shape index (κ2) is 7.14. The van der Waals surface area contributed by atoms with E-state index in [1.165, 1.54) is 6.92 Å². The van der Waals surface area contributed by atoms with Crippen LogP contribution in [0.3, 0.4) is 0 Å². The molecule has 4 nitrogen and oxygen atoms in total. The fourth-order valence-electron chi connectivity index (χ4n) is 2.13. The Kier molecular flexibility index (Phi) is 5.83. The average molecular weight is 264 g/mol. The molecule has 19 heavy (non-hydrogen) atoms. The van der Waals surface area contributed by atoms with Crippen LogP contribution in [0.4, 0.5) is 5.69 Å². The van der Waals surface area contributed by atoms with Crippen LogP contribution in [-0.2, 0) is 11.2 Å². The van der Waals surface area contributed by atoms with Crippen molar-refractivity contribution in [3.63, 3.8) is 0 Å². The maximum absolute atomic E-state index is 11.1. The van der Waals surface area contributed by atoms with Gasteiger partial charge in [-0.1, -0.05) is 13.8 Å². The zero-order valence-electron chi connectivity index (χ0n) is 12.4. The van der Waals surface area contributed by atoms with Crippen LogP contribution in [0, 0.1) is 5.92 Å². The summed E-state index contributed by atoms with van der Waals surface area (Å²) in [6.45, 7) is 5.88. The number of likely N-dealkylation sites (N-methyl/N-ethyl adjacent to an activating group) is 1. The number of amides is 1. The molecule has 1 unspecified atom stereocenters. The average Bonchev–Trinajstić information content (AvgIpc) is 2.35. The highest BCUT2D eigenvalue weighted by atomic mass is 16.5. The zero-order chi connectivity index (χ0) is 14.4. The third kappa shape index (κ3) is 4.56. The molecule has 2 N–H and O–H groups in total. The predicted molar refractivity (Wildman–Crippen MR) is 78.7 cm³/mol. The monoisotopic (exact) mass is 264 g/mol.